The van der Waals surface area contributed by atoms with E-state index in [9.17, 15) is 0 Å². The van der Waals surface area contributed by atoms with Crippen molar-refractivity contribution in [1.82, 2.24) is 5.32 Å². The van der Waals surface area contributed by atoms with E-state index in [-0.39, 0.29) is 11.1 Å². The molecule has 0 spiro atoms. The van der Waals surface area contributed by atoms with Crippen LogP contribution in [0, 0.1) is 11.8 Å². The fourth-order valence-corrected chi connectivity index (χ4v) is 3.10. The van der Waals surface area contributed by atoms with E-state index >= 15 is 0 Å². The zero-order chi connectivity index (χ0) is 14.7. The molecule has 19 heavy (non-hydrogen) atoms. The van der Waals surface area contributed by atoms with E-state index in [1.165, 1.54) is 25.7 Å². The van der Waals surface area contributed by atoms with Crippen LogP contribution in [0.5, 0.6) is 0 Å². The monoisotopic (exact) mass is 269 g/mol. The van der Waals surface area contributed by atoms with E-state index < -0.39 is 0 Å². The first kappa shape index (κ1) is 17.0. The summed E-state index contributed by atoms with van der Waals surface area (Å²) in [6.45, 7) is 16.7. The second-order valence-electron chi connectivity index (χ2n) is 8.03. The molecule has 0 aliphatic heterocycles. The summed E-state index contributed by atoms with van der Waals surface area (Å²) in [7, 11) is 0. The maximum atomic E-state index is 6.34. The van der Waals surface area contributed by atoms with Gasteiger partial charge in [-0.05, 0) is 72.1 Å². The molecule has 0 amide bonds. The molecule has 1 fully saturated rings. The van der Waals surface area contributed by atoms with Gasteiger partial charge in [0.1, 0.15) is 0 Å². The number of hydrogen-bond acceptors (Lipinski definition) is 2. The van der Waals surface area contributed by atoms with E-state index in [1.807, 2.05) is 0 Å². The molecular weight excluding hydrogens is 234 g/mol. The van der Waals surface area contributed by atoms with Crippen LogP contribution >= 0.6 is 0 Å². The summed E-state index contributed by atoms with van der Waals surface area (Å²) in [6, 6.07) is 0. The van der Waals surface area contributed by atoms with Gasteiger partial charge in [-0.1, -0.05) is 13.8 Å². The summed E-state index contributed by atoms with van der Waals surface area (Å²) in [5.74, 6) is 1.70. The molecule has 0 unspecified atom stereocenters. The standard InChI is InChI=1S/C17H35NO/c1-13(2)15-8-10-17(11-9-15,19-14(3)4)12-18-16(5,6)7/h13-15,18H,8-12H2,1-7H3. The molecule has 0 aromatic heterocycles. The van der Waals surface area contributed by atoms with Crippen molar-refractivity contribution in [2.24, 2.45) is 11.8 Å². The maximum absolute atomic E-state index is 6.34. The molecule has 0 heterocycles. The quantitative estimate of drug-likeness (QED) is 0.799. The third kappa shape index (κ3) is 5.83. The van der Waals surface area contributed by atoms with Gasteiger partial charge in [-0.3, -0.25) is 0 Å². The molecule has 1 rings (SSSR count). The number of hydrogen-bond donors (Lipinski definition) is 1. The Morgan fingerprint density at radius 3 is 2.00 bits per heavy atom. The molecule has 0 atom stereocenters. The summed E-state index contributed by atoms with van der Waals surface area (Å²) in [5, 5.41) is 3.66. The lowest BCUT2D eigenvalue weighted by Gasteiger charge is -2.44. The number of ether oxygens (including phenoxy) is 1. The molecule has 0 saturated heterocycles. The van der Waals surface area contributed by atoms with Gasteiger partial charge in [-0.25, -0.2) is 0 Å². The van der Waals surface area contributed by atoms with Gasteiger partial charge in [-0.15, -0.1) is 0 Å². The van der Waals surface area contributed by atoms with Gasteiger partial charge in [-0.2, -0.15) is 0 Å². The predicted molar refractivity (Wildman–Crippen MR) is 83.5 cm³/mol. The van der Waals surface area contributed by atoms with Gasteiger partial charge in [0.15, 0.2) is 0 Å². The molecule has 114 valence electrons. The molecule has 0 aromatic carbocycles. The van der Waals surface area contributed by atoms with Crippen LogP contribution in [0.25, 0.3) is 0 Å². The Labute approximate surface area is 120 Å². The van der Waals surface area contributed by atoms with Gasteiger partial charge in [0.05, 0.1) is 11.7 Å². The minimum atomic E-state index is 0.0623. The predicted octanol–water partition coefficient (Wildman–Crippen LogP) is 4.38. The number of rotatable bonds is 5. The third-order valence-corrected chi connectivity index (χ3v) is 4.31. The Balaban J connectivity index is 2.63. The van der Waals surface area contributed by atoms with Gasteiger partial charge in [0.25, 0.3) is 0 Å². The molecule has 1 saturated carbocycles. The molecular formula is C17H35NO. The van der Waals surface area contributed by atoms with Crippen LogP contribution in [0.3, 0.4) is 0 Å². The van der Waals surface area contributed by atoms with E-state index in [2.05, 4.69) is 53.8 Å². The van der Waals surface area contributed by atoms with Gasteiger partial charge in [0, 0.05) is 12.1 Å². The third-order valence-electron chi connectivity index (χ3n) is 4.31. The van der Waals surface area contributed by atoms with Gasteiger partial charge >= 0.3 is 0 Å². The first-order valence-electron chi connectivity index (χ1n) is 8.06. The van der Waals surface area contributed by atoms with Crippen LogP contribution in [-0.4, -0.2) is 23.8 Å². The van der Waals surface area contributed by atoms with Crippen molar-refractivity contribution >= 4 is 0 Å². The molecule has 1 aliphatic carbocycles. The van der Waals surface area contributed by atoms with Crippen LogP contribution in [0.15, 0.2) is 0 Å². The minimum absolute atomic E-state index is 0.0623. The van der Waals surface area contributed by atoms with Crippen LogP contribution in [0.1, 0.15) is 74.1 Å². The Morgan fingerprint density at radius 2 is 1.63 bits per heavy atom. The lowest BCUT2D eigenvalue weighted by atomic mass is 9.74. The van der Waals surface area contributed by atoms with Crippen molar-refractivity contribution in [3.63, 3.8) is 0 Å². The molecule has 0 aromatic rings. The van der Waals surface area contributed by atoms with E-state index in [4.69, 9.17) is 4.74 Å². The van der Waals surface area contributed by atoms with Gasteiger partial charge < -0.3 is 10.1 Å². The molecule has 2 heteroatoms. The highest BCUT2D eigenvalue weighted by Gasteiger charge is 2.38. The normalized spacial score (nSPS) is 29.2. The maximum Gasteiger partial charge on any atom is 0.0810 e. The smallest absolute Gasteiger partial charge is 0.0810 e. The van der Waals surface area contributed by atoms with Crippen molar-refractivity contribution in [3.8, 4) is 0 Å². The zero-order valence-corrected chi connectivity index (χ0v) is 14.2. The summed E-state index contributed by atoms with van der Waals surface area (Å²) >= 11 is 0. The van der Waals surface area contributed by atoms with Crippen molar-refractivity contribution in [2.75, 3.05) is 6.54 Å². The average molecular weight is 269 g/mol. The SMILES string of the molecule is CC(C)OC1(CNC(C)(C)C)CCC(C(C)C)CC1. The largest absolute Gasteiger partial charge is 0.371 e. The van der Waals surface area contributed by atoms with Crippen molar-refractivity contribution in [2.45, 2.75) is 91.4 Å². The van der Waals surface area contributed by atoms with Crippen molar-refractivity contribution < 1.29 is 4.74 Å². The lowest BCUT2D eigenvalue weighted by molar-refractivity contribution is -0.110. The summed E-state index contributed by atoms with van der Waals surface area (Å²) < 4.78 is 6.34. The highest BCUT2D eigenvalue weighted by Crippen LogP contribution is 2.38. The zero-order valence-electron chi connectivity index (χ0n) is 14.2. The molecule has 0 radical (unpaired) electrons. The van der Waals surface area contributed by atoms with E-state index in [0.29, 0.717) is 6.10 Å². The minimum Gasteiger partial charge on any atom is -0.371 e. The summed E-state index contributed by atoms with van der Waals surface area (Å²) in [5.41, 5.74) is 0.231. The summed E-state index contributed by atoms with van der Waals surface area (Å²) in [6.07, 6.45) is 5.36. The highest BCUT2D eigenvalue weighted by molar-refractivity contribution is 4.92. The second-order valence-corrected chi connectivity index (χ2v) is 8.03. The summed E-state index contributed by atoms with van der Waals surface area (Å²) in [4.78, 5) is 0. The Hall–Kier alpha value is -0.0800. The van der Waals surface area contributed by atoms with Gasteiger partial charge in [0.2, 0.25) is 0 Å². The first-order chi connectivity index (χ1) is 8.64. The molecule has 1 N–H and O–H groups in total. The Bertz CT molecular complexity index is 257. The Kier molecular flexibility index (Phi) is 5.88. The number of nitrogens with one attached hydrogen (secondary N) is 1. The fourth-order valence-electron chi connectivity index (χ4n) is 3.10. The van der Waals surface area contributed by atoms with Crippen LogP contribution in [0.4, 0.5) is 0 Å². The van der Waals surface area contributed by atoms with E-state index in [0.717, 1.165) is 18.4 Å². The average Bonchev–Trinajstić information content (AvgIpc) is 2.25. The van der Waals surface area contributed by atoms with E-state index in [1.54, 1.807) is 0 Å². The van der Waals surface area contributed by atoms with Crippen molar-refractivity contribution in [1.29, 1.82) is 0 Å². The first-order valence-corrected chi connectivity index (χ1v) is 8.06. The van der Waals surface area contributed by atoms with Crippen LogP contribution in [0.2, 0.25) is 0 Å². The fraction of sp³-hybridized carbons (Fsp3) is 1.00. The topological polar surface area (TPSA) is 21.3 Å². The lowest BCUT2D eigenvalue weighted by Crippen LogP contribution is -2.52. The molecule has 0 bridgehead atoms. The molecule has 2 nitrogen and oxygen atoms in total. The molecule has 1 aliphatic rings. The Morgan fingerprint density at radius 1 is 1.11 bits per heavy atom. The highest BCUT2D eigenvalue weighted by atomic mass is 16.5. The van der Waals surface area contributed by atoms with Crippen LogP contribution in [-0.2, 0) is 4.74 Å². The van der Waals surface area contributed by atoms with Crippen molar-refractivity contribution in [3.05, 3.63) is 0 Å². The van der Waals surface area contributed by atoms with Crippen LogP contribution < -0.4 is 5.32 Å². The second kappa shape index (κ2) is 6.58.